The minimum absolute atomic E-state index is 0.190. The van der Waals surface area contributed by atoms with Gasteiger partial charge in [0.05, 0.1) is 5.69 Å². The van der Waals surface area contributed by atoms with E-state index in [-0.39, 0.29) is 6.42 Å². The van der Waals surface area contributed by atoms with Gasteiger partial charge in [-0.1, -0.05) is 6.07 Å². The van der Waals surface area contributed by atoms with Crippen LogP contribution in [-0.4, -0.2) is 17.6 Å². The second kappa shape index (κ2) is 6.12. The van der Waals surface area contributed by atoms with Crippen LogP contribution in [0.3, 0.4) is 0 Å². The Labute approximate surface area is 105 Å². The van der Waals surface area contributed by atoms with E-state index in [2.05, 4.69) is 37.2 Å². The third-order valence-electron chi connectivity index (χ3n) is 1.83. The Hall–Kier alpha value is -0.550. The monoisotopic (exact) mass is 335 g/mol. The minimum atomic E-state index is -0.761. The maximum Gasteiger partial charge on any atom is 0.303 e. The first-order chi connectivity index (χ1) is 7.11. The Kier molecular flexibility index (Phi) is 5.11. The van der Waals surface area contributed by atoms with Crippen molar-refractivity contribution in [3.63, 3.8) is 0 Å². The summed E-state index contributed by atoms with van der Waals surface area (Å²) in [7, 11) is 0. The molecule has 1 aromatic rings. The van der Waals surface area contributed by atoms with Crippen LogP contribution in [0, 0.1) is 0 Å². The normalized spacial score (nSPS) is 10.0. The fourth-order valence-corrected chi connectivity index (χ4v) is 2.40. The zero-order chi connectivity index (χ0) is 11.3. The van der Waals surface area contributed by atoms with E-state index in [1.807, 2.05) is 18.2 Å². The molecule has 0 aliphatic rings. The molecular formula is C10H11Br2NO2. The van der Waals surface area contributed by atoms with Crippen LogP contribution >= 0.6 is 31.9 Å². The van der Waals surface area contributed by atoms with Gasteiger partial charge in [-0.15, -0.1) is 0 Å². The van der Waals surface area contributed by atoms with Gasteiger partial charge in [-0.3, -0.25) is 4.79 Å². The van der Waals surface area contributed by atoms with E-state index >= 15 is 0 Å². The third kappa shape index (κ3) is 4.22. The molecule has 0 bridgehead atoms. The lowest BCUT2D eigenvalue weighted by atomic mass is 10.3. The summed E-state index contributed by atoms with van der Waals surface area (Å²) in [5.41, 5.74) is 0.961. The van der Waals surface area contributed by atoms with Gasteiger partial charge in [0.2, 0.25) is 0 Å². The van der Waals surface area contributed by atoms with Crippen LogP contribution < -0.4 is 5.32 Å². The largest absolute Gasteiger partial charge is 0.481 e. The van der Waals surface area contributed by atoms with Gasteiger partial charge in [0.15, 0.2) is 0 Å². The molecule has 0 spiro atoms. The lowest BCUT2D eigenvalue weighted by molar-refractivity contribution is -0.137. The van der Waals surface area contributed by atoms with E-state index < -0.39 is 5.97 Å². The predicted molar refractivity (Wildman–Crippen MR) is 67.2 cm³/mol. The molecule has 0 aliphatic heterocycles. The molecule has 0 radical (unpaired) electrons. The number of nitrogens with one attached hydrogen (secondary N) is 1. The van der Waals surface area contributed by atoms with Crippen LogP contribution in [0.4, 0.5) is 5.69 Å². The number of anilines is 1. The highest BCUT2D eigenvalue weighted by atomic mass is 79.9. The second-order valence-corrected chi connectivity index (χ2v) is 4.73. The van der Waals surface area contributed by atoms with E-state index in [4.69, 9.17) is 5.11 Å². The van der Waals surface area contributed by atoms with Gasteiger partial charge in [-0.05, 0) is 50.4 Å². The number of carboxylic acid groups (broad SMARTS) is 1. The zero-order valence-electron chi connectivity index (χ0n) is 7.96. The fourth-order valence-electron chi connectivity index (χ4n) is 1.12. The van der Waals surface area contributed by atoms with Gasteiger partial charge in [0, 0.05) is 21.9 Å². The van der Waals surface area contributed by atoms with Gasteiger partial charge >= 0.3 is 5.97 Å². The lowest BCUT2D eigenvalue weighted by Crippen LogP contribution is -2.05. The van der Waals surface area contributed by atoms with Crippen molar-refractivity contribution in [1.29, 1.82) is 0 Å². The molecule has 82 valence electrons. The fraction of sp³-hybridized carbons (Fsp3) is 0.300. The number of carboxylic acids is 1. The highest BCUT2D eigenvalue weighted by Crippen LogP contribution is 2.30. The Bertz CT molecular complexity index is 335. The summed E-state index contributed by atoms with van der Waals surface area (Å²) in [6.45, 7) is 0.646. The van der Waals surface area contributed by atoms with Crippen LogP contribution in [0.2, 0.25) is 0 Å². The molecule has 0 fully saturated rings. The minimum Gasteiger partial charge on any atom is -0.481 e. The average molecular weight is 337 g/mol. The van der Waals surface area contributed by atoms with Crippen molar-refractivity contribution in [3.05, 3.63) is 27.1 Å². The van der Waals surface area contributed by atoms with Gasteiger partial charge in [-0.2, -0.15) is 0 Å². The number of rotatable bonds is 5. The van der Waals surface area contributed by atoms with E-state index in [1.165, 1.54) is 0 Å². The summed E-state index contributed by atoms with van der Waals surface area (Å²) in [4.78, 5) is 10.3. The summed E-state index contributed by atoms with van der Waals surface area (Å²) in [6, 6.07) is 5.80. The Balaban J connectivity index is 2.47. The Morgan fingerprint density at radius 2 is 1.93 bits per heavy atom. The number of hydrogen-bond donors (Lipinski definition) is 2. The van der Waals surface area contributed by atoms with Gasteiger partial charge in [0.1, 0.15) is 0 Å². The van der Waals surface area contributed by atoms with Crippen LogP contribution in [0.1, 0.15) is 12.8 Å². The number of hydrogen-bond acceptors (Lipinski definition) is 2. The molecule has 1 aromatic carbocycles. The summed E-state index contributed by atoms with van der Waals surface area (Å²) >= 11 is 6.84. The molecule has 0 heterocycles. The van der Waals surface area contributed by atoms with Crippen LogP contribution in [0.5, 0.6) is 0 Å². The van der Waals surface area contributed by atoms with Crippen LogP contribution in [0.15, 0.2) is 27.1 Å². The first-order valence-corrected chi connectivity index (χ1v) is 6.09. The molecule has 5 heteroatoms. The smallest absolute Gasteiger partial charge is 0.303 e. The van der Waals surface area contributed by atoms with E-state index in [0.29, 0.717) is 13.0 Å². The van der Waals surface area contributed by atoms with E-state index in [9.17, 15) is 4.79 Å². The molecule has 2 N–H and O–H groups in total. The SMILES string of the molecule is O=C(O)CCCNc1c(Br)cccc1Br. The number of carbonyl (C=O) groups is 1. The molecule has 1 rings (SSSR count). The average Bonchev–Trinajstić information content (AvgIpc) is 2.15. The van der Waals surface area contributed by atoms with Gasteiger partial charge in [-0.25, -0.2) is 0 Å². The number of benzene rings is 1. The van der Waals surface area contributed by atoms with Crippen molar-refractivity contribution in [1.82, 2.24) is 0 Å². The van der Waals surface area contributed by atoms with Crippen molar-refractivity contribution in [2.75, 3.05) is 11.9 Å². The first-order valence-electron chi connectivity index (χ1n) is 4.51. The Morgan fingerprint density at radius 1 is 1.33 bits per heavy atom. The van der Waals surface area contributed by atoms with Crippen LogP contribution in [-0.2, 0) is 4.79 Å². The zero-order valence-corrected chi connectivity index (χ0v) is 11.1. The molecule has 3 nitrogen and oxygen atoms in total. The van der Waals surface area contributed by atoms with E-state index in [1.54, 1.807) is 0 Å². The molecule has 0 unspecified atom stereocenters. The standard InChI is InChI=1S/C10H11Br2NO2/c11-7-3-1-4-8(12)10(7)13-6-2-5-9(14)15/h1,3-4,13H,2,5-6H2,(H,14,15). The van der Waals surface area contributed by atoms with Crippen molar-refractivity contribution in [3.8, 4) is 0 Å². The molecule has 0 aromatic heterocycles. The number of aliphatic carboxylic acids is 1. The third-order valence-corrected chi connectivity index (χ3v) is 3.15. The van der Waals surface area contributed by atoms with Crippen LogP contribution in [0.25, 0.3) is 0 Å². The molecule has 0 amide bonds. The van der Waals surface area contributed by atoms with Crippen molar-refractivity contribution >= 4 is 43.5 Å². The first kappa shape index (κ1) is 12.5. The molecule has 0 saturated heterocycles. The van der Waals surface area contributed by atoms with Gasteiger partial charge in [0.25, 0.3) is 0 Å². The highest BCUT2D eigenvalue weighted by Gasteiger charge is 2.03. The summed E-state index contributed by atoms with van der Waals surface area (Å²) in [5, 5.41) is 11.7. The van der Waals surface area contributed by atoms with Crippen molar-refractivity contribution in [2.45, 2.75) is 12.8 Å². The quantitative estimate of drug-likeness (QED) is 0.809. The summed E-state index contributed by atoms with van der Waals surface area (Å²) in [6.07, 6.45) is 0.804. The van der Waals surface area contributed by atoms with Crippen molar-refractivity contribution in [2.24, 2.45) is 0 Å². The highest BCUT2D eigenvalue weighted by molar-refractivity contribution is 9.11. The van der Waals surface area contributed by atoms with Gasteiger partial charge < -0.3 is 10.4 Å². The van der Waals surface area contributed by atoms with Crippen molar-refractivity contribution < 1.29 is 9.90 Å². The predicted octanol–water partition coefficient (Wildman–Crippen LogP) is 3.49. The number of para-hydroxylation sites is 1. The topological polar surface area (TPSA) is 49.3 Å². The second-order valence-electron chi connectivity index (χ2n) is 3.02. The molecule has 15 heavy (non-hydrogen) atoms. The molecule has 0 atom stereocenters. The Morgan fingerprint density at radius 3 is 2.47 bits per heavy atom. The summed E-state index contributed by atoms with van der Waals surface area (Å²) < 4.78 is 1.93. The summed E-state index contributed by atoms with van der Waals surface area (Å²) in [5.74, 6) is -0.761. The molecule has 0 aliphatic carbocycles. The maximum atomic E-state index is 10.3. The molecular weight excluding hydrogens is 326 g/mol. The number of halogens is 2. The maximum absolute atomic E-state index is 10.3. The lowest BCUT2D eigenvalue weighted by Gasteiger charge is -2.09. The molecule has 0 saturated carbocycles. The van der Waals surface area contributed by atoms with E-state index in [0.717, 1.165) is 14.6 Å².